The molecule has 0 atom stereocenters. The highest BCUT2D eigenvalue weighted by molar-refractivity contribution is 7.98. The fraction of sp³-hybridized carbons (Fsp3) is 0.0588. The summed E-state index contributed by atoms with van der Waals surface area (Å²) in [7, 11) is 0. The molecule has 0 aliphatic carbocycles. The summed E-state index contributed by atoms with van der Waals surface area (Å²) in [6.45, 7) is 0. The molecule has 0 bridgehead atoms. The highest BCUT2D eigenvalue weighted by Crippen LogP contribution is 2.25. The Hall–Kier alpha value is -3.13. The summed E-state index contributed by atoms with van der Waals surface area (Å²) in [4.78, 5) is 35.5. The first-order chi connectivity index (χ1) is 12.0. The third-order valence-electron chi connectivity index (χ3n) is 3.54. The molecule has 3 rings (SSSR count). The number of thioether (sulfide) groups is 1. The van der Waals surface area contributed by atoms with Crippen LogP contribution in [0.5, 0.6) is 0 Å². The largest absolute Gasteiger partial charge is 0.417 e. The Kier molecular flexibility index (Phi) is 4.53. The number of benzene rings is 2. The molecule has 0 aliphatic heterocycles. The van der Waals surface area contributed by atoms with Crippen molar-refractivity contribution >= 4 is 39.8 Å². The number of fused-ring (bicyclic) bond motifs is 1. The van der Waals surface area contributed by atoms with Gasteiger partial charge in [0, 0.05) is 17.0 Å². The van der Waals surface area contributed by atoms with Gasteiger partial charge in [-0.05, 0) is 35.9 Å². The van der Waals surface area contributed by atoms with Gasteiger partial charge in [0.2, 0.25) is 0 Å². The fourth-order valence-electron chi connectivity index (χ4n) is 2.33. The smallest absolute Gasteiger partial charge is 0.344 e. The third-order valence-corrected chi connectivity index (χ3v) is 4.33. The Morgan fingerprint density at radius 2 is 1.96 bits per heavy atom. The van der Waals surface area contributed by atoms with E-state index in [1.807, 2.05) is 18.4 Å². The van der Waals surface area contributed by atoms with Gasteiger partial charge in [-0.2, -0.15) is 0 Å². The van der Waals surface area contributed by atoms with E-state index in [-0.39, 0.29) is 16.8 Å². The molecular formula is C17H12N2O5S. The van der Waals surface area contributed by atoms with E-state index < -0.39 is 16.5 Å². The maximum absolute atomic E-state index is 12.4. The Morgan fingerprint density at radius 1 is 1.20 bits per heavy atom. The highest BCUT2D eigenvalue weighted by Gasteiger charge is 2.16. The average molecular weight is 356 g/mol. The number of non-ortho nitro benzene ring substituents is 1. The second kappa shape index (κ2) is 6.78. The van der Waals surface area contributed by atoms with Gasteiger partial charge in [0.15, 0.2) is 5.76 Å². The number of anilines is 1. The molecular weight excluding hydrogens is 344 g/mol. The average Bonchev–Trinajstić information content (AvgIpc) is 2.61. The summed E-state index contributed by atoms with van der Waals surface area (Å²) in [6.07, 6.45) is 1.88. The number of nitro groups is 1. The normalized spacial score (nSPS) is 10.6. The van der Waals surface area contributed by atoms with Crippen molar-refractivity contribution in [1.82, 2.24) is 0 Å². The van der Waals surface area contributed by atoms with Crippen LogP contribution in [0.3, 0.4) is 0 Å². The van der Waals surface area contributed by atoms with Crippen LogP contribution in [-0.2, 0) is 0 Å². The number of carbonyl (C=O) groups is 1. The second-order valence-electron chi connectivity index (χ2n) is 5.08. The van der Waals surface area contributed by atoms with Gasteiger partial charge in [0.1, 0.15) is 0 Å². The molecule has 1 aromatic heterocycles. The van der Waals surface area contributed by atoms with E-state index in [4.69, 9.17) is 4.42 Å². The number of nitrogens with zero attached hydrogens (tertiary/aromatic N) is 1. The van der Waals surface area contributed by atoms with E-state index in [2.05, 4.69) is 5.32 Å². The SMILES string of the molecule is CSc1ccccc1NC(=O)c1cc2ccc([N+](=O)[O-])cc2c(=O)o1. The summed E-state index contributed by atoms with van der Waals surface area (Å²) in [6, 6.07) is 12.4. The zero-order valence-electron chi connectivity index (χ0n) is 13.0. The van der Waals surface area contributed by atoms with Crippen molar-refractivity contribution in [1.29, 1.82) is 0 Å². The fourth-order valence-corrected chi connectivity index (χ4v) is 2.88. The molecule has 126 valence electrons. The Labute approximate surface area is 145 Å². The summed E-state index contributed by atoms with van der Waals surface area (Å²) in [5, 5.41) is 13.9. The molecule has 25 heavy (non-hydrogen) atoms. The standard InChI is InChI=1S/C17H12N2O5S/c1-25-15-5-3-2-4-13(15)18-16(20)14-8-10-6-7-11(19(22)23)9-12(10)17(21)24-14/h2-9H,1H3,(H,18,20). The molecule has 0 saturated carbocycles. The van der Waals surface area contributed by atoms with Crippen molar-refractivity contribution in [2.24, 2.45) is 0 Å². The lowest BCUT2D eigenvalue weighted by Gasteiger charge is -2.08. The minimum atomic E-state index is -0.801. The zero-order valence-corrected chi connectivity index (χ0v) is 13.8. The highest BCUT2D eigenvalue weighted by atomic mass is 32.2. The minimum Gasteiger partial charge on any atom is -0.417 e. The molecule has 0 radical (unpaired) electrons. The van der Waals surface area contributed by atoms with Crippen LogP contribution in [0.25, 0.3) is 10.8 Å². The van der Waals surface area contributed by atoms with E-state index in [0.29, 0.717) is 11.1 Å². The molecule has 0 spiro atoms. The first-order valence-corrected chi connectivity index (χ1v) is 8.39. The van der Waals surface area contributed by atoms with Crippen molar-refractivity contribution < 1.29 is 14.1 Å². The molecule has 7 nitrogen and oxygen atoms in total. The molecule has 0 aliphatic rings. The number of hydrogen-bond donors (Lipinski definition) is 1. The van der Waals surface area contributed by atoms with Gasteiger partial charge in [-0.3, -0.25) is 14.9 Å². The van der Waals surface area contributed by atoms with Crippen molar-refractivity contribution in [2.75, 3.05) is 11.6 Å². The van der Waals surface area contributed by atoms with Crippen LogP contribution in [0.2, 0.25) is 0 Å². The molecule has 0 fully saturated rings. The third kappa shape index (κ3) is 3.38. The summed E-state index contributed by atoms with van der Waals surface area (Å²) in [5.74, 6) is -0.735. The Morgan fingerprint density at radius 3 is 2.68 bits per heavy atom. The van der Waals surface area contributed by atoms with Crippen LogP contribution >= 0.6 is 11.8 Å². The molecule has 3 aromatic rings. The van der Waals surface area contributed by atoms with E-state index in [1.54, 1.807) is 12.1 Å². The number of para-hydroxylation sites is 1. The van der Waals surface area contributed by atoms with Crippen molar-refractivity contribution in [3.63, 3.8) is 0 Å². The molecule has 8 heteroatoms. The van der Waals surface area contributed by atoms with Crippen molar-refractivity contribution in [2.45, 2.75) is 4.90 Å². The van der Waals surface area contributed by atoms with E-state index in [0.717, 1.165) is 11.0 Å². The van der Waals surface area contributed by atoms with Crippen LogP contribution in [0.15, 0.2) is 62.6 Å². The van der Waals surface area contributed by atoms with Gasteiger partial charge in [-0.15, -0.1) is 11.8 Å². The van der Waals surface area contributed by atoms with Gasteiger partial charge in [-0.25, -0.2) is 4.79 Å². The lowest BCUT2D eigenvalue weighted by atomic mass is 10.1. The number of hydrogen-bond acceptors (Lipinski definition) is 6. The Bertz CT molecular complexity index is 1040. The zero-order chi connectivity index (χ0) is 18.0. The quantitative estimate of drug-likeness (QED) is 0.435. The molecule has 2 aromatic carbocycles. The lowest BCUT2D eigenvalue weighted by Crippen LogP contribution is -2.15. The van der Waals surface area contributed by atoms with E-state index in [1.165, 1.54) is 30.0 Å². The molecule has 0 saturated heterocycles. The van der Waals surface area contributed by atoms with Gasteiger partial charge in [0.25, 0.3) is 11.6 Å². The Balaban J connectivity index is 1.98. The summed E-state index contributed by atoms with van der Waals surface area (Å²) in [5.41, 5.74) is -0.415. The van der Waals surface area contributed by atoms with Crippen molar-refractivity contribution in [3.05, 3.63) is 74.8 Å². The predicted octanol–water partition coefficient (Wildman–Crippen LogP) is 3.68. The molecule has 1 heterocycles. The minimum absolute atomic E-state index is 0.0512. The molecule has 0 unspecified atom stereocenters. The van der Waals surface area contributed by atoms with Crippen LogP contribution < -0.4 is 10.9 Å². The van der Waals surface area contributed by atoms with Crippen LogP contribution in [0.1, 0.15) is 10.6 Å². The topological polar surface area (TPSA) is 102 Å². The number of nitro benzene ring substituents is 1. The van der Waals surface area contributed by atoms with Crippen LogP contribution in [-0.4, -0.2) is 17.1 Å². The number of carbonyl (C=O) groups excluding carboxylic acids is 1. The monoisotopic (exact) mass is 356 g/mol. The van der Waals surface area contributed by atoms with Gasteiger partial charge in [0.05, 0.1) is 16.0 Å². The van der Waals surface area contributed by atoms with Crippen LogP contribution in [0.4, 0.5) is 11.4 Å². The molecule has 1 N–H and O–H groups in total. The maximum Gasteiger partial charge on any atom is 0.344 e. The number of nitrogens with one attached hydrogen (secondary N) is 1. The van der Waals surface area contributed by atoms with Crippen molar-refractivity contribution in [3.8, 4) is 0 Å². The predicted molar refractivity (Wildman–Crippen MR) is 95.3 cm³/mol. The first kappa shape index (κ1) is 16.7. The van der Waals surface area contributed by atoms with Gasteiger partial charge in [-0.1, -0.05) is 12.1 Å². The molecule has 1 amide bonds. The van der Waals surface area contributed by atoms with E-state index >= 15 is 0 Å². The summed E-state index contributed by atoms with van der Waals surface area (Å²) < 4.78 is 5.04. The maximum atomic E-state index is 12.4. The van der Waals surface area contributed by atoms with Gasteiger partial charge >= 0.3 is 5.63 Å². The van der Waals surface area contributed by atoms with E-state index in [9.17, 15) is 19.7 Å². The van der Waals surface area contributed by atoms with Gasteiger partial charge < -0.3 is 9.73 Å². The summed E-state index contributed by atoms with van der Waals surface area (Å²) >= 11 is 1.47. The number of amides is 1. The van der Waals surface area contributed by atoms with Crippen LogP contribution in [0, 0.1) is 10.1 Å². The first-order valence-electron chi connectivity index (χ1n) is 7.16. The second-order valence-corrected chi connectivity index (χ2v) is 5.93. The number of rotatable bonds is 4. The lowest BCUT2D eigenvalue weighted by molar-refractivity contribution is -0.384.